The Bertz CT molecular complexity index is 788. The van der Waals surface area contributed by atoms with Crippen LogP contribution in [0.2, 0.25) is 0 Å². The zero-order valence-electron chi connectivity index (χ0n) is 14.9. The largest absolute Gasteiger partial charge is 0.366 e. The average Bonchev–Trinajstić information content (AvgIpc) is 3.11. The van der Waals surface area contributed by atoms with Gasteiger partial charge in [0.15, 0.2) is 5.82 Å². The zero-order valence-corrected chi connectivity index (χ0v) is 16.5. The van der Waals surface area contributed by atoms with Crippen molar-refractivity contribution >= 4 is 36.6 Å². The molecule has 27 heavy (non-hydrogen) atoms. The molecule has 0 radical (unpaired) electrons. The van der Waals surface area contributed by atoms with E-state index in [0.29, 0.717) is 24.5 Å². The van der Waals surface area contributed by atoms with Gasteiger partial charge < -0.3 is 21.4 Å². The number of fused-ring (bicyclic) bond motifs is 1. The third-order valence-electron chi connectivity index (χ3n) is 4.70. The van der Waals surface area contributed by atoms with E-state index in [0.717, 1.165) is 43.1 Å². The number of halogens is 2. The average molecular weight is 410 g/mol. The summed E-state index contributed by atoms with van der Waals surface area (Å²) >= 11 is 0. The van der Waals surface area contributed by atoms with Crippen LogP contribution in [0.4, 0.5) is 11.8 Å². The summed E-state index contributed by atoms with van der Waals surface area (Å²) in [5.74, 6) is 2.20. The first-order valence-corrected chi connectivity index (χ1v) is 8.78. The summed E-state index contributed by atoms with van der Waals surface area (Å²) in [6.07, 6.45) is 5.77. The predicted octanol–water partition coefficient (Wildman–Crippen LogP) is 3.44. The second-order valence-electron chi connectivity index (χ2n) is 6.60. The molecular weight excluding hydrogens is 385 g/mol. The van der Waals surface area contributed by atoms with Gasteiger partial charge in [0, 0.05) is 18.6 Å². The molecule has 2 heterocycles. The third-order valence-corrected chi connectivity index (χ3v) is 4.70. The fourth-order valence-corrected chi connectivity index (χ4v) is 3.27. The second-order valence-corrected chi connectivity index (χ2v) is 6.60. The molecule has 2 aliphatic heterocycles. The number of aromatic amines is 1. The van der Waals surface area contributed by atoms with Crippen LogP contribution in [0.1, 0.15) is 31.2 Å². The van der Waals surface area contributed by atoms with Gasteiger partial charge in [0.2, 0.25) is 5.95 Å². The molecule has 0 amide bonds. The molecule has 4 rings (SSSR count). The van der Waals surface area contributed by atoms with Crippen molar-refractivity contribution in [1.29, 1.82) is 0 Å². The van der Waals surface area contributed by atoms with Gasteiger partial charge in [0.1, 0.15) is 17.8 Å². The first kappa shape index (κ1) is 21.2. The molecule has 0 atom stereocenters. The molecule has 0 saturated heterocycles. The van der Waals surface area contributed by atoms with E-state index in [2.05, 4.69) is 42.7 Å². The van der Waals surface area contributed by atoms with E-state index in [1.807, 2.05) is 18.2 Å². The lowest BCUT2D eigenvalue weighted by molar-refractivity contribution is 0.410. The number of imidazole rings is 1. The molecule has 0 bridgehead atoms. The molecule has 0 spiro atoms. The Balaban J connectivity index is 0.00000131. The molecule has 1 aliphatic carbocycles. The summed E-state index contributed by atoms with van der Waals surface area (Å²) in [6, 6.07) is 11.0. The number of hydrogen-bond acceptors (Lipinski definition) is 6. The van der Waals surface area contributed by atoms with Crippen molar-refractivity contribution in [1.82, 2.24) is 19.9 Å². The van der Waals surface area contributed by atoms with Crippen molar-refractivity contribution in [2.45, 2.75) is 44.3 Å². The maximum atomic E-state index is 5.99. The van der Waals surface area contributed by atoms with Gasteiger partial charge in [-0.15, -0.1) is 24.8 Å². The minimum atomic E-state index is 0. The predicted molar refractivity (Wildman–Crippen MR) is 113 cm³/mol. The Hall–Kier alpha value is -2.09. The van der Waals surface area contributed by atoms with Gasteiger partial charge in [-0.3, -0.25) is 0 Å². The molecule has 5 N–H and O–H groups in total. The lowest BCUT2D eigenvalue weighted by atomic mass is 9.92. The van der Waals surface area contributed by atoms with E-state index < -0.39 is 0 Å². The highest BCUT2D eigenvalue weighted by Gasteiger charge is 2.21. The summed E-state index contributed by atoms with van der Waals surface area (Å²) in [5.41, 5.74) is 7.95. The zero-order chi connectivity index (χ0) is 17.1. The van der Waals surface area contributed by atoms with Crippen molar-refractivity contribution in [3.63, 3.8) is 0 Å². The van der Waals surface area contributed by atoms with Gasteiger partial charge in [0.05, 0.1) is 0 Å². The molecule has 0 unspecified atom stereocenters. The fraction of sp³-hybridized carbons (Fsp3) is 0.389. The fourth-order valence-electron chi connectivity index (χ4n) is 3.27. The summed E-state index contributed by atoms with van der Waals surface area (Å²) in [7, 11) is 0. The van der Waals surface area contributed by atoms with E-state index in [1.165, 1.54) is 5.56 Å². The first-order chi connectivity index (χ1) is 12.3. The standard InChI is InChI=1S/C18H23N7.2ClH/c19-13-6-8-14(9-7-13)23-18-24-16(15-17(25-18)22-11-21-15)20-10-12-4-2-1-3-5-12;;/h1-5,11,13-14H,6-10,19H2,(H3,20,21,22,23,24,25);2*1H. The van der Waals surface area contributed by atoms with Gasteiger partial charge in [-0.1, -0.05) is 30.3 Å². The van der Waals surface area contributed by atoms with Crippen molar-refractivity contribution in [2.75, 3.05) is 10.6 Å². The van der Waals surface area contributed by atoms with Crippen LogP contribution in [0.3, 0.4) is 0 Å². The smallest absolute Gasteiger partial charge is 0.204 e. The molecule has 146 valence electrons. The van der Waals surface area contributed by atoms with Crippen LogP contribution in [0.25, 0.3) is 11.5 Å². The van der Waals surface area contributed by atoms with E-state index in [1.54, 1.807) is 6.33 Å². The SMILES string of the molecule is Cl.Cl.NC1CCC(Nc2nc3ncnc-3c(NCc3ccccc3)[nH]2)CC1. The van der Waals surface area contributed by atoms with Crippen LogP contribution in [-0.2, 0) is 6.54 Å². The van der Waals surface area contributed by atoms with E-state index >= 15 is 0 Å². The molecule has 3 aliphatic rings. The van der Waals surface area contributed by atoms with Crippen LogP contribution in [0.15, 0.2) is 36.7 Å². The Kier molecular flexibility index (Phi) is 7.65. The van der Waals surface area contributed by atoms with Crippen molar-refractivity contribution in [2.24, 2.45) is 5.73 Å². The molecule has 0 aromatic heterocycles. The molecular formula is C18H25Cl2N7. The van der Waals surface area contributed by atoms with Gasteiger partial charge in [-0.05, 0) is 31.2 Å². The molecule has 9 heteroatoms. The van der Waals surface area contributed by atoms with E-state index in [-0.39, 0.29) is 24.8 Å². The number of nitrogens with one attached hydrogen (secondary N) is 3. The van der Waals surface area contributed by atoms with Crippen LogP contribution < -0.4 is 16.4 Å². The number of hydrogen-bond donors (Lipinski definition) is 4. The Labute approximate surface area is 171 Å². The number of H-pyrrole nitrogens is 1. The number of anilines is 2. The molecule has 7 nitrogen and oxygen atoms in total. The lowest BCUT2D eigenvalue weighted by Crippen LogP contribution is -2.33. The number of benzene rings is 1. The Morgan fingerprint density at radius 3 is 2.52 bits per heavy atom. The minimum absolute atomic E-state index is 0. The quantitative estimate of drug-likeness (QED) is 0.514. The summed E-state index contributed by atoms with van der Waals surface area (Å²) in [4.78, 5) is 16.5. The van der Waals surface area contributed by atoms with Gasteiger partial charge in [-0.2, -0.15) is 4.98 Å². The second kappa shape index (κ2) is 9.73. The van der Waals surface area contributed by atoms with Crippen LogP contribution in [0.5, 0.6) is 0 Å². The van der Waals surface area contributed by atoms with E-state index in [9.17, 15) is 0 Å². The van der Waals surface area contributed by atoms with Crippen LogP contribution in [-0.4, -0.2) is 32.0 Å². The van der Waals surface area contributed by atoms with Gasteiger partial charge in [0.25, 0.3) is 0 Å². The highest BCUT2D eigenvalue weighted by molar-refractivity contribution is 5.85. The Morgan fingerprint density at radius 1 is 1.04 bits per heavy atom. The normalized spacial score (nSPS) is 19.0. The number of rotatable bonds is 5. The van der Waals surface area contributed by atoms with Gasteiger partial charge in [-0.25, -0.2) is 9.97 Å². The maximum absolute atomic E-state index is 5.99. The highest BCUT2D eigenvalue weighted by Crippen LogP contribution is 2.27. The van der Waals surface area contributed by atoms with Crippen LogP contribution in [0, 0.1) is 0 Å². The van der Waals surface area contributed by atoms with Crippen molar-refractivity contribution in [3.8, 4) is 11.5 Å². The summed E-state index contributed by atoms with van der Waals surface area (Å²) in [6.45, 7) is 0.709. The number of nitrogens with two attached hydrogens (primary N) is 1. The Morgan fingerprint density at radius 2 is 1.78 bits per heavy atom. The maximum Gasteiger partial charge on any atom is 0.204 e. The topological polar surface area (TPSA) is 105 Å². The van der Waals surface area contributed by atoms with Crippen molar-refractivity contribution in [3.05, 3.63) is 42.2 Å². The first-order valence-electron chi connectivity index (χ1n) is 8.78. The monoisotopic (exact) mass is 409 g/mol. The minimum Gasteiger partial charge on any atom is -0.366 e. The lowest BCUT2D eigenvalue weighted by Gasteiger charge is -2.27. The molecule has 1 saturated carbocycles. The highest BCUT2D eigenvalue weighted by atomic mass is 35.5. The van der Waals surface area contributed by atoms with Crippen molar-refractivity contribution < 1.29 is 0 Å². The number of aromatic nitrogens is 4. The molecule has 1 aromatic rings. The molecule has 1 aromatic carbocycles. The molecule has 1 fully saturated rings. The summed E-state index contributed by atoms with van der Waals surface area (Å²) in [5, 5.41) is 6.91. The third kappa shape index (κ3) is 5.22. The number of nitrogens with zero attached hydrogens (tertiary/aromatic N) is 3. The summed E-state index contributed by atoms with van der Waals surface area (Å²) < 4.78 is 0. The van der Waals surface area contributed by atoms with Crippen LogP contribution >= 0.6 is 24.8 Å². The van der Waals surface area contributed by atoms with E-state index in [4.69, 9.17) is 5.73 Å². The van der Waals surface area contributed by atoms with Gasteiger partial charge >= 0.3 is 0 Å².